The Balaban J connectivity index is 1.56. The van der Waals surface area contributed by atoms with Gasteiger partial charge in [-0.15, -0.1) is 0 Å². The van der Waals surface area contributed by atoms with E-state index in [1.165, 1.54) is 10.9 Å². The lowest BCUT2D eigenvalue weighted by molar-refractivity contribution is 0.0947. The number of fused-ring (bicyclic) bond motifs is 2. The molecule has 138 valence electrons. The quantitative estimate of drug-likeness (QED) is 0.497. The Morgan fingerprint density at radius 3 is 2.96 bits per heavy atom. The molecule has 0 atom stereocenters. The third-order valence-electron chi connectivity index (χ3n) is 4.79. The van der Waals surface area contributed by atoms with Crippen LogP contribution in [0.4, 0.5) is 0 Å². The average molecular weight is 425 g/mol. The van der Waals surface area contributed by atoms with Crippen LogP contribution in [0.2, 0.25) is 0 Å². The van der Waals surface area contributed by atoms with Gasteiger partial charge in [0.2, 0.25) is 0 Å². The van der Waals surface area contributed by atoms with Crippen molar-refractivity contribution in [3.05, 3.63) is 69.7 Å². The van der Waals surface area contributed by atoms with Gasteiger partial charge in [0.05, 0.1) is 10.2 Å². The van der Waals surface area contributed by atoms with Crippen LogP contribution in [0, 0.1) is 6.92 Å². The van der Waals surface area contributed by atoms with E-state index >= 15 is 0 Å². The molecule has 5 nitrogen and oxygen atoms in total. The molecule has 4 aromatic rings. The summed E-state index contributed by atoms with van der Waals surface area (Å²) in [5.41, 5.74) is 5.61. The highest BCUT2D eigenvalue weighted by Crippen LogP contribution is 2.23. The van der Waals surface area contributed by atoms with Crippen molar-refractivity contribution in [1.29, 1.82) is 0 Å². The summed E-state index contributed by atoms with van der Waals surface area (Å²) < 4.78 is 2.79. The highest BCUT2D eigenvalue weighted by atomic mass is 79.9. The maximum absolute atomic E-state index is 12.9. The van der Waals surface area contributed by atoms with Crippen molar-refractivity contribution in [3.8, 4) is 0 Å². The predicted octanol–water partition coefficient (Wildman–Crippen LogP) is 4.42. The van der Waals surface area contributed by atoms with Crippen molar-refractivity contribution in [2.45, 2.75) is 26.7 Å². The van der Waals surface area contributed by atoms with Gasteiger partial charge in [-0.25, -0.2) is 4.98 Å². The Morgan fingerprint density at radius 1 is 1.33 bits per heavy atom. The Labute approximate surface area is 165 Å². The normalized spacial score (nSPS) is 11.4. The summed E-state index contributed by atoms with van der Waals surface area (Å²) in [6, 6.07) is 10.2. The second-order valence-corrected chi connectivity index (χ2v) is 7.54. The number of nitrogens with one attached hydrogen (secondary N) is 2. The van der Waals surface area contributed by atoms with Gasteiger partial charge in [0.15, 0.2) is 5.65 Å². The molecule has 0 aliphatic rings. The van der Waals surface area contributed by atoms with Crippen molar-refractivity contribution in [2.75, 3.05) is 6.54 Å². The van der Waals surface area contributed by atoms with Crippen molar-refractivity contribution >= 4 is 38.4 Å². The third-order valence-corrected chi connectivity index (χ3v) is 5.37. The molecule has 27 heavy (non-hydrogen) atoms. The van der Waals surface area contributed by atoms with Crippen LogP contribution in [-0.4, -0.2) is 26.8 Å². The largest absolute Gasteiger partial charge is 0.361 e. The zero-order valence-corrected chi connectivity index (χ0v) is 16.9. The maximum atomic E-state index is 12.9. The lowest BCUT2D eigenvalue weighted by Gasteiger charge is -2.07. The molecule has 0 bridgehead atoms. The van der Waals surface area contributed by atoms with Crippen LogP contribution < -0.4 is 5.32 Å². The summed E-state index contributed by atoms with van der Waals surface area (Å²) >= 11 is 3.56. The molecule has 0 saturated heterocycles. The van der Waals surface area contributed by atoms with Crippen molar-refractivity contribution < 1.29 is 4.79 Å². The van der Waals surface area contributed by atoms with Crippen molar-refractivity contribution in [3.63, 3.8) is 0 Å². The van der Waals surface area contributed by atoms with E-state index < -0.39 is 0 Å². The minimum Gasteiger partial charge on any atom is -0.361 e. The summed E-state index contributed by atoms with van der Waals surface area (Å²) in [6.45, 7) is 4.60. The molecule has 3 aromatic heterocycles. The molecule has 3 heterocycles. The lowest BCUT2D eigenvalue weighted by atomic mass is 10.1. The number of benzene rings is 1. The molecule has 1 amide bonds. The lowest BCUT2D eigenvalue weighted by Crippen LogP contribution is -2.27. The van der Waals surface area contributed by atoms with E-state index in [0.717, 1.165) is 33.3 Å². The molecule has 0 aliphatic heterocycles. The molecule has 4 rings (SSSR count). The maximum Gasteiger partial charge on any atom is 0.270 e. The molecule has 0 aliphatic carbocycles. The van der Waals surface area contributed by atoms with Gasteiger partial charge in [-0.1, -0.05) is 25.1 Å². The van der Waals surface area contributed by atoms with Crippen LogP contribution >= 0.6 is 15.9 Å². The predicted molar refractivity (Wildman–Crippen MR) is 111 cm³/mol. The zero-order valence-electron chi connectivity index (χ0n) is 15.3. The zero-order chi connectivity index (χ0) is 19.0. The van der Waals surface area contributed by atoms with Gasteiger partial charge in [0.1, 0.15) is 5.69 Å². The van der Waals surface area contributed by atoms with Gasteiger partial charge in [0.25, 0.3) is 5.91 Å². The molecular weight excluding hydrogens is 404 g/mol. The van der Waals surface area contributed by atoms with Crippen LogP contribution in [0.1, 0.15) is 34.2 Å². The van der Waals surface area contributed by atoms with Crippen LogP contribution in [0.3, 0.4) is 0 Å². The van der Waals surface area contributed by atoms with Crippen LogP contribution in [0.15, 0.2) is 47.2 Å². The number of para-hydroxylation sites is 1. The number of aromatic amines is 1. The highest BCUT2D eigenvalue weighted by molar-refractivity contribution is 9.10. The molecule has 2 N–H and O–H groups in total. The standard InChI is InChI=1S/C21H21BrN4O/c1-3-17-19(26-12-13(2)10-16(22)20(26)25-17)21(27)23-9-8-14-11-24-18-7-5-4-6-15(14)18/h4-7,10-12,24H,3,8-9H2,1-2H3,(H,23,27). The van der Waals surface area contributed by atoms with Gasteiger partial charge < -0.3 is 10.3 Å². The minimum absolute atomic E-state index is 0.0864. The highest BCUT2D eigenvalue weighted by Gasteiger charge is 2.19. The van der Waals surface area contributed by atoms with Gasteiger partial charge in [-0.3, -0.25) is 9.20 Å². The second-order valence-electron chi connectivity index (χ2n) is 6.69. The second kappa shape index (κ2) is 7.19. The Bertz CT molecular complexity index is 1140. The Hall–Kier alpha value is -2.60. The first-order chi connectivity index (χ1) is 13.1. The Morgan fingerprint density at radius 2 is 2.15 bits per heavy atom. The number of rotatable bonds is 5. The number of halogens is 1. The van der Waals surface area contributed by atoms with E-state index in [1.807, 2.05) is 48.8 Å². The van der Waals surface area contributed by atoms with E-state index in [-0.39, 0.29) is 5.91 Å². The number of H-pyrrole nitrogens is 1. The first-order valence-corrected chi connectivity index (χ1v) is 9.88. The van der Waals surface area contributed by atoms with Crippen molar-refractivity contribution in [1.82, 2.24) is 19.7 Å². The van der Waals surface area contributed by atoms with E-state index in [2.05, 4.69) is 43.3 Å². The summed E-state index contributed by atoms with van der Waals surface area (Å²) in [7, 11) is 0. The van der Waals surface area contributed by atoms with Gasteiger partial charge >= 0.3 is 0 Å². The van der Waals surface area contributed by atoms with E-state index in [0.29, 0.717) is 18.7 Å². The number of aryl methyl sites for hydroxylation is 2. The molecule has 0 unspecified atom stereocenters. The average Bonchev–Trinajstić information content (AvgIpc) is 3.23. The number of imidazole rings is 1. The number of amides is 1. The van der Waals surface area contributed by atoms with Crippen LogP contribution in [-0.2, 0) is 12.8 Å². The molecular formula is C21H21BrN4O. The summed E-state index contributed by atoms with van der Waals surface area (Å²) in [6.07, 6.45) is 5.46. The Kier molecular flexibility index (Phi) is 4.74. The minimum atomic E-state index is -0.0864. The monoisotopic (exact) mass is 424 g/mol. The third kappa shape index (κ3) is 3.25. The number of carbonyl (C=O) groups is 1. The number of hydrogen-bond donors (Lipinski definition) is 2. The molecule has 1 aromatic carbocycles. The number of pyridine rings is 1. The van der Waals surface area contributed by atoms with Crippen LogP contribution in [0.5, 0.6) is 0 Å². The summed E-state index contributed by atoms with van der Waals surface area (Å²) in [5.74, 6) is -0.0864. The molecule has 0 spiro atoms. The van der Waals surface area contributed by atoms with E-state index in [1.54, 1.807) is 0 Å². The van der Waals surface area contributed by atoms with E-state index in [9.17, 15) is 4.79 Å². The fourth-order valence-corrected chi connectivity index (χ4v) is 4.14. The van der Waals surface area contributed by atoms with Gasteiger partial charge in [-0.2, -0.15) is 0 Å². The first kappa shape index (κ1) is 17.8. The SMILES string of the molecule is CCc1nc2c(Br)cc(C)cn2c1C(=O)NCCc1c[nH]c2ccccc12. The smallest absolute Gasteiger partial charge is 0.270 e. The van der Waals surface area contributed by atoms with E-state index in [4.69, 9.17) is 0 Å². The fraction of sp³-hybridized carbons (Fsp3) is 0.238. The van der Waals surface area contributed by atoms with Gasteiger partial charge in [-0.05, 0) is 59.0 Å². The number of hydrogen-bond acceptors (Lipinski definition) is 2. The molecule has 0 saturated carbocycles. The molecule has 0 radical (unpaired) electrons. The topological polar surface area (TPSA) is 62.2 Å². The number of nitrogens with zero attached hydrogens (tertiary/aromatic N) is 2. The summed E-state index contributed by atoms with van der Waals surface area (Å²) in [4.78, 5) is 20.8. The fourth-order valence-electron chi connectivity index (χ4n) is 3.50. The van der Waals surface area contributed by atoms with Crippen molar-refractivity contribution in [2.24, 2.45) is 0 Å². The first-order valence-electron chi connectivity index (χ1n) is 9.08. The van der Waals surface area contributed by atoms with Gasteiger partial charge in [0, 0.05) is 29.8 Å². The number of aromatic nitrogens is 3. The summed E-state index contributed by atoms with van der Waals surface area (Å²) in [5, 5.41) is 4.27. The molecule has 6 heteroatoms. The number of carbonyl (C=O) groups excluding carboxylic acids is 1. The molecule has 0 fully saturated rings. The van der Waals surface area contributed by atoms with Crippen LogP contribution in [0.25, 0.3) is 16.6 Å².